The Labute approximate surface area is 281 Å². The lowest BCUT2D eigenvalue weighted by atomic mass is 10.1. The molecule has 0 rings (SSSR count). The third kappa shape index (κ3) is 32.7. The van der Waals surface area contributed by atoms with Crippen molar-refractivity contribution >= 4 is 19.8 Å². The van der Waals surface area contributed by atoms with E-state index in [1.807, 2.05) is 0 Å². The Morgan fingerprint density at radius 2 is 1.04 bits per heavy atom. The van der Waals surface area contributed by atoms with Crippen LogP contribution in [0.4, 0.5) is 0 Å². The minimum absolute atomic E-state index is 0.212. The molecular formula is C36H69O9P. The normalized spacial score (nSPS) is 13.6. The molecule has 1 unspecified atom stereocenters. The number of esters is 2. The first-order valence-corrected chi connectivity index (χ1v) is 20.1. The van der Waals surface area contributed by atoms with Gasteiger partial charge in [-0.3, -0.25) is 18.6 Å². The Kier molecular flexibility index (Phi) is 32.7. The number of carbonyl (C=O) groups excluding carboxylic acids is 2. The van der Waals surface area contributed by atoms with Crippen LogP contribution in [0.25, 0.3) is 0 Å². The highest BCUT2D eigenvalue weighted by Gasteiger charge is 2.26. The summed E-state index contributed by atoms with van der Waals surface area (Å²) in [7, 11) is -4.44. The van der Waals surface area contributed by atoms with Crippen molar-refractivity contribution in [1.82, 2.24) is 0 Å². The van der Waals surface area contributed by atoms with Crippen LogP contribution in [0.1, 0.15) is 174 Å². The summed E-state index contributed by atoms with van der Waals surface area (Å²) < 4.78 is 32.3. The zero-order valence-corrected chi connectivity index (χ0v) is 30.3. The Morgan fingerprint density at radius 3 is 1.54 bits per heavy atom. The van der Waals surface area contributed by atoms with Crippen molar-refractivity contribution in [2.75, 3.05) is 26.4 Å². The number of aliphatic hydroxyl groups is 1. The number of unbranched alkanes of at least 4 members (excludes halogenated alkanes) is 20. The predicted molar refractivity (Wildman–Crippen MR) is 186 cm³/mol. The van der Waals surface area contributed by atoms with Gasteiger partial charge in [-0.25, -0.2) is 4.57 Å². The molecule has 2 N–H and O–H groups in total. The predicted octanol–water partition coefficient (Wildman–Crippen LogP) is 9.92. The highest BCUT2D eigenvalue weighted by atomic mass is 31.2. The fourth-order valence-electron chi connectivity index (χ4n) is 5.09. The number of ether oxygens (including phenoxy) is 2. The summed E-state index contributed by atoms with van der Waals surface area (Å²) in [5.74, 6) is -0.868. The van der Waals surface area contributed by atoms with Crippen LogP contribution in [0.15, 0.2) is 12.2 Å². The molecule has 0 fully saturated rings. The number of hydrogen-bond acceptors (Lipinski definition) is 8. The monoisotopic (exact) mass is 676 g/mol. The molecule has 0 saturated heterocycles. The van der Waals surface area contributed by atoms with Crippen molar-refractivity contribution in [1.29, 1.82) is 0 Å². The van der Waals surface area contributed by atoms with E-state index in [4.69, 9.17) is 19.1 Å². The van der Waals surface area contributed by atoms with Crippen molar-refractivity contribution in [3.05, 3.63) is 12.2 Å². The van der Waals surface area contributed by atoms with Crippen molar-refractivity contribution < 1.29 is 42.7 Å². The van der Waals surface area contributed by atoms with Crippen molar-refractivity contribution in [2.45, 2.75) is 180 Å². The summed E-state index contributed by atoms with van der Waals surface area (Å²) in [6, 6.07) is 0. The first-order chi connectivity index (χ1) is 22.3. The molecule has 0 aliphatic carbocycles. The van der Waals surface area contributed by atoms with Crippen LogP contribution in [0.5, 0.6) is 0 Å². The maximum absolute atomic E-state index is 12.5. The quantitative estimate of drug-likeness (QED) is 0.0292. The van der Waals surface area contributed by atoms with E-state index in [9.17, 15) is 19.0 Å². The number of phosphoric acid groups is 1. The average molecular weight is 677 g/mol. The maximum Gasteiger partial charge on any atom is 0.472 e. The minimum atomic E-state index is -4.44. The molecule has 0 heterocycles. The van der Waals surface area contributed by atoms with Gasteiger partial charge >= 0.3 is 19.8 Å². The van der Waals surface area contributed by atoms with E-state index in [1.54, 1.807) is 0 Å². The molecule has 9 nitrogen and oxygen atoms in total. The molecule has 46 heavy (non-hydrogen) atoms. The largest absolute Gasteiger partial charge is 0.472 e. The molecule has 10 heteroatoms. The lowest BCUT2D eigenvalue weighted by molar-refractivity contribution is -0.161. The van der Waals surface area contributed by atoms with Crippen molar-refractivity contribution in [3.8, 4) is 0 Å². The zero-order chi connectivity index (χ0) is 34.0. The first-order valence-electron chi connectivity index (χ1n) is 18.6. The molecule has 0 aromatic rings. The second kappa shape index (κ2) is 33.6. The molecule has 0 bridgehead atoms. The number of carbonyl (C=O) groups is 2. The van der Waals surface area contributed by atoms with E-state index in [1.165, 1.54) is 96.3 Å². The Hall–Kier alpha value is -1.25. The van der Waals surface area contributed by atoms with Crippen LogP contribution < -0.4 is 0 Å². The summed E-state index contributed by atoms with van der Waals surface area (Å²) >= 11 is 0. The summed E-state index contributed by atoms with van der Waals surface area (Å²) in [4.78, 5) is 34.5. The van der Waals surface area contributed by atoms with E-state index < -0.39 is 39.1 Å². The van der Waals surface area contributed by atoms with Crippen LogP contribution in [0.3, 0.4) is 0 Å². The lowest BCUT2D eigenvalue weighted by Crippen LogP contribution is -2.29. The second-order valence-corrected chi connectivity index (χ2v) is 13.8. The van der Waals surface area contributed by atoms with Crippen molar-refractivity contribution in [3.63, 3.8) is 0 Å². The van der Waals surface area contributed by atoms with Gasteiger partial charge in [0.2, 0.25) is 0 Å². The average Bonchev–Trinajstić information content (AvgIpc) is 3.04. The van der Waals surface area contributed by atoms with Gasteiger partial charge in [-0.1, -0.05) is 135 Å². The zero-order valence-electron chi connectivity index (χ0n) is 29.4. The molecular weight excluding hydrogens is 607 g/mol. The van der Waals surface area contributed by atoms with E-state index in [0.717, 1.165) is 44.9 Å². The fourth-order valence-corrected chi connectivity index (χ4v) is 5.83. The number of hydrogen-bond donors (Lipinski definition) is 2. The summed E-state index contributed by atoms with van der Waals surface area (Å²) in [5, 5.41) is 8.83. The second-order valence-electron chi connectivity index (χ2n) is 12.4. The van der Waals surface area contributed by atoms with Gasteiger partial charge in [-0.2, -0.15) is 0 Å². The molecule has 0 aliphatic rings. The molecule has 0 radical (unpaired) electrons. The standard InChI is InChI=1S/C36H69O9P/c1-3-5-7-9-11-13-15-16-17-18-19-21-23-25-27-29-36(39)45-34(33-44-46(40,41)43-31-30-37)32-42-35(38)28-26-24-22-20-14-12-10-8-6-4-2/h13,15,34,37H,3-12,14,16-33H2,1-2H3,(H,40,41)/b15-13-/t34-/m1/s1. The summed E-state index contributed by atoms with van der Waals surface area (Å²) in [5.41, 5.74) is 0. The SMILES string of the molecule is CCCCCC/C=C\CCCCCCCCCC(=O)O[C@H](COC(=O)CCCCCCCCCCCC)COP(=O)(O)OCCO. The van der Waals surface area contributed by atoms with Crippen LogP contribution in [0.2, 0.25) is 0 Å². The molecule has 0 aromatic heterocycles. The van der Waals surface area contributed by atoms with Gasteiger partial charge in [0, 0.05) is 12.8 Å². The third-order valence-corrected chi connectivity index (χ3v) is 8.86. The van der Waals surface area contributed by atoms with Gasteiger partial charge in [0.05, 0.1) is 19.8 Å². The maximum atomic E-state index is 12.5. The fraction of sp³-hybridized carbons (Fsp3) is 0.889. The van der Waals surface area contributed by atoms with Crippen LogP contribution in [-0.4, -0.2) is 54.5 Å². The van der Waals surface area contributed by atoms with Gasteiger partial charge in [-0.15, -0.1) is 0 Å². The number of phosphoric ester groups is 1. The number of rotatable bonds is 35. The Bertz CT molecular complexity index is 775. The first kappa shape index (κ1) is 44.8. The van der Waals surface area contributed by atoms with Gasteiger partial charge in [0.15, 0.2) is 6.10 Å². The van der Waals surface area contributed by atoms with E-state index in [2.05, 4.69) is 30.5 Å². The molecule has 2 atom stereocenters. The topological polar surface area (TPSA) is 129 Å². The van der Waals surface area contributed by atoms with E-state index in [-0.39, 0.29) is 26.1 Å². The summed E-state index contributed by atoms with van der Waals surface area (Å²) in [6.07, 6.45) is 30.7. The third-order valence-electron chi connectivity index (χ3n) is 7.87. The molecule has 0 amide bonds. The number of allylic oxidation sites excluding steroid dienone is 2. The van der Waals surface area contributed by atoms with Gasteiger partial charge in [0.1, 0.15) is 6.61 Å². The highest BCUT2D eigenvalue weighted by molar-refractivity contribution is 7.47. The summed E-state index contributed by atoms with van der Waals surface area (Å²) in [6.45, 7) is 2.90. The van der Waals surface area contributed by atoms with E-state index in [0.29, 0.717) is 6.42 Å². The lowest BCUT2D eigenvalue weighted by Gasteiger charge is -2.19. The van der Waals surface area contributed by atoms with Crippen molar-refractivity contribution in [2.24, 2.45) is 0 Å². The van der Waals surface area contributed by atoms with E-state index >= 15 is 0 Å². The smallest absolute Gasteiger partial charge is 0.462 e. The molecule has 0 aromatic carbocycles. The molecule has 0 aliphatic heterocycles. The highest BCUT2D eigenvalue weighted by Crippen LogP contribution is 2.43. The van der Waals surface area contributed by atoms with Gasteiger partial charge < -0.3 is 19.5 Å². The number of aliphatic hydroxyl groups excluding tert-OH is 1. The van der Waals surface area contributed by atoms with Crippen LogP contribution in [0, 0.1) is 0 Å². The Balaban J connectivity index is 4.22. The van der Waals surface area contributed by atoms with Crippen LogP contribution >= 0.6 is 7.82 Å². The minimum Gasteiger partial charge on any atom is -0.462 e. The molecule has 0 spiro atoms. The van der Waals surface area contributed by atoms with Gasteiger partial charge in [0.25, 0.3) is 0 Å². The molecule has 272 valence electrons. The van der Waals surface area contributed by atoms with Crippen LogP contribution in [-0.2, 0) is 32.7 Å². The van der Waals surface area contributed by atoms with Gasteiger partial charge in [-0.05, 0) is 38.5 Å². The Morgan fingerprint density at radius 1 is 0.609 bits per heavy atom. The molecule has 0 saturated carbocycles.